The lowest BCUT2D eigenvalue weighted by atomic mass is 9.79. The van der Waals surface area contributed by atoms with Crippen molar-refractivity contribution < 1.29 is 8.42 Å². The molecule has 124 valence electrons. The average Bonchev–Trinajstić information content (AvgIpc) is 3.03. The Morgan fingerprint density at radius 2 is 1.86 bits per heavy atom. The number of nitrogens with zero attached hydrogens (tertiary/aromatic N) is 4. The van der Waals surface area contributed by atoms with Gasteiger partial charge >= 0.3 is 0 Å². The van der Waals surface area contributed by atoms with Crippen LogP contribution in [0.1, 0.15) is 44.6 Å². The molecule has 6 nitrogen and oxygen atoms in total. The van der Waals surface area contributed by atoms with E-state index in [1.807, 2.05) is 19.4 Å². The van der Waals surface area contributed by atoms with Gasteiger partial charge in [-0.1, -0.05) is 20.3 Å². The summed E-state index contributed by atoms with van der Waals surface area (Å²) >= 11 is 0. The number of aromatic nitrogens is 2. The summed E-state index contributed by atoms with van der Waals surface area (Å²) in [6, 6.07) is 0. The molecule has 0 saturated carbocycles. The molecule has 2 aliphatic heterocycles. The first-order valence-electron chi connectivity index (χ1n) is 8.04. The molecule has 0 N–H and O–H groups in total. The molecule has 0 aromatic carbocycles. The van der Waals surface area contributed by atoms with E-state index in [2.05, 4.69) is 18.9 Å². The summed E-state index contributed by atoms with van der Waals surface area (Å²) in [5.41, 5.74) is 1.05. The molecule has 0 spiro atoms. The zero-order chi connectivity index (χ0) is 16.0. The monoisotopic (exact) mass is 326 g/mol. The van der Waals surface area contributed by atoms with Crippen molar-refractivity contribution in [3.05, 3.63) is 18.0 Å². The standard InChI is InChI=1S/C15H26N4O2S/c1-15(2)12-19(11-14(15)13-9-16-17(3)10-13)22(20,21)18-7-5-4-6-8-18/h9-10,14H,4-8,11-12H2,1-3H3. The van der Waals surface area contributed by atoms with Crippen LogP contribution in [0.25, 0.3) is 0 Å². The van der Waals surface area contributed by atoms with Gasteiger partial charge in [-0.3, -0.25) is 4.68 Å². The van der Waals surface area contributed by atoms with Gasteiger partial charge in [0.25, 0.3) is 10.2 Å². The predicted octanol–water partition coefficient (Wildman–Crippen LogP) is 1.58. The molecule has 1 unspecified atom stereocenters. The lowest BCUT2D eigenvalue weighted by molar-refractivity contribution is 0.303. The first-order valence-corrected chi connectivity index (χ1v) is 9.44. The fraction of sp³-hybridized carbons (Fsp3) is 0.800. The van der Waals surface area contributed by atoms with Crippen LogP contribution in [0.15, 0.2) is 12.4 Å². The highest BCUT2D eigenvalue weighted by molar-refractivity contribution is 7.86. The summed E-state index contributed by atoms with van der Waals surface area (Å²) in [7, 11) is -1.43. The molecule has 7 heteroatoms. The maximum atomic E-state index is 12.9. The Bertz CT molecular complexity index is 632. The molecule has 1 aromatic heterocycles. The van der Waals surface area contributed by atoms with E-state index >= 15 is 0 Å². The van der Waals surface area contributed by atoms with E-state index in [1.165, 1.54) is 0 Å². The Hall–Kier alpha value is -0.920. The molecule has 1 aromatic rings. The van der Waals surface area contributed by atoms with Gasteiger partial charge in [0, 0.05) is 45.3 Å². The lowest BCUT2D eigenvalue weighted by Gasteiger charge is -2.30. The van der Waals surface area contributed by atoms with E-state index in [4.69, 9.17) is 0 Å². The van der Waals surface area contributed by atoms with Gasteiger partial charge in [0.2, 0.25) is 0 Å². The quantitative estimate of drug-likeness (QED) is 0.847. The minimum atomic E-state index is -3.33. The minimum absolute atomic E-state index is 0.0775. The topological polar surface area (TPSA) is 58.4 Å². The fourth-order valence-corrected chi connectivity index (χ4v) is 5.57. The van der Waals surface area contributed by atoms with E-state index < -0.39 is 10.2 Å². The lowest BCUT2D eigenvalue weighted by Crippen LogP contribution is -2.45. The zero-order valence-corrected chi connectivity index (χ0v) is 14.5. The van der Waals surface area contributed by atoms with Crippen molar-refractivity contribution in [2.75, 3.05) is 26.2 Å². The third-order valence-electron chi connectivity index (χ3n) is 5.01. The third kappa shape index (κ3) is 2.81. The summed E-state index contributed by atoms with van der Waals surface area (Å²) in [6.45, 7) is 6.75. The van der Waals surface area contributed by atoms with E-state index in [0.717, 1.165) is 24.8 Å². The van der Waals surface area contributed by atoms with Crippen molar-refractivity contribution in [3.8, 4) is 0 Å². The van der Waals surface area contributed by atoms with E-state index in [1.54, 1.807) is 13.3 Å². The zero-order valence-electron chi connectivity index (χ0n) is 13.7. The second kappa shape index (κ2) is 5.62. The second-order valence-electron chi connectivity index (χ2n) is 7.25. The summed E-state index contributed by atoms with van der Waals surface area (Å²) in [5, 5.41) is 4.24. The van der Waals surface area contributed by atoms with Crippen LogP contribution in [0, 0.1) is 5.41 Å². The van der Waals surface area contributed by atoms with E-state index in [0.29, 0.717) is 26.2 Å². The Labute approximate surface area is 133 Å². The highest BCUT2D eigenvalue weighted by Crippen LogP contribution is 2.43. The Morgan fingerprint density at radius 1 is 1.18 bits per heavy atom. The maximum absolute atomic E-state index is 12.9. The highest BCUT2D eigenvalue weighted by atomic mass is 32.2. The van der Waals surface area contributed by atoms with E-state index in [9.17, 15) is 8.42 Å². The van der Waals surface area contributed by atoms with Crippen LogP contribution in [0.5, 0.6) is 0 Å². The second-order valence-corrected chi connectivity index (χ2v) is 9.18. The predicted molar refractivity (Wildman–Crippen MR) is 85.6 cm³/mol. The summed E-state index contributed by atoms with van der Waals surface area (Å²) in [5.74, 6) is 0.195. The smallest absolute Gasteiger partial charge is 0.276 e. The number of rotatable bonds is 3. The Kier molecular flexibility index (Phi) is 4.07. The molecule has 2 saturated heterocycles. The maximum Gasteiger partial charge on any atom is 0.282 e. The van der Waals surface area contributed by atoms with Crippen LogP contribution in [0.2, 0.25) is 0 Å². The molecular formula is C15H26N4O2S. The summed E-state index contributed by atoms with van der Waals surface area (Å²) in [6.07, 6.45) is 6.95. The first kappa shape index (κ1) is 16.0. The highest BCUT2D eigenvalue weighted by Gasteiger charge is 2.46. The van der Waals surface area contributed by atoms with Crippen molar-refractivity contribution in [1.29, 1.82) is 0 Å². The van der Waals surface area contributed by atoms with E-state index in [-0.39, 0.29) is 11.3 Å². The van der Waals surface area contributed by atoms with Crippen LogP contribution >= 0.6 is 0 Å². The Morgan fingerprint density at radius 3 is 2.45 bits per heavy atom. The third-order valence-corrected chi connectivity index (χ3v) is 6.96. The van der Waals surface area contributed by atoms with Gasteiger partial charge in [-0.15, -0.1) is 0 Å². The van der Waals surface area contributed by atoms with Crippen molar-refractivity contribution in [2.24, 2.45) is 12.5 Å². The fourth-order valence-electron chi connectivity index (χ4n) is 3.69. The average molecular weight is 326 g/mol. The van der Waals surface area contributed by atoms with Crippen LogP contribution in [0.4, 0.5) is 0 Å². The molecule has 2 aliphatic rings. The molecule has 0 amide bonds. The molecule has 3 rings (SSSR count). The SMILES string of the molecule is Cn1cc(C2CN(S(=O)(=O)N3CCCCC3)CC2(C)C)cn1. The van der Waals surface area contributed by atoms with Crippen molar-refractivity contribution in [3.63, 3.8) is 0 Å². The summed E-state index contributed by atoms with van der Waals surface area (Å²) < 4.78 is 30.9. The van der Waals surface area contributed by atoms with Gasteiger partial charge in [-0.2, -0.15) is 22.1 Å². The summed E-state index contributed by atoms with van der Waals surface area (Å²) in [4.78, 5) is 0. The van der Waals surface area contributed by atoms with Crippen molar-refractivity contribution >= 4 is 10.2 Å². The molecule has 22 heavy (non-hydrogen) atoms. The van der Waals surface area contributed by atoms with Crippen LogP contribution in [-0.2, 0) is 17.3 Å². The van der Waals surface area contributed by atoms with Gasteiger partial charge in [0.15, 0.2) is 0 Å². The number of aryl methyl sites for hydroxylation is 1. The molecule has 3 heterocycles. The molecule has 0 aliphatic carbocycles. The van der Waals surface area contributed by atoms with Gasteiger partial charge in [-0.05, 0) is 23.8 Å². The number of hydrogen-bond acceptors (Lipinski definition) is 3. The Balaban J connectivity index is 1.82. The van der Waals surface area contributed by atoms with Crippen molar-refractivity contribution in [2.45, 2.75) is 39.0 Å². The van der Waals surface area contributed by atoms with Gasteiger partial charge in [0.05, 0.1) is 6.20 Å². The molecule has 1 atom stereocenters. The van der Waals surface area contributed by atoms with Crippen LogP contribution in [-0.4, -0.2) is 53.0 Å². The first-order chi connectivity index (χ1) is 10.3. The molecule has 2 fully saturated rings. The number of piperidine rings is 1. The van der Waals surface area contributed by atoms with Crippen LogP contribution in [0.3, 0.4) is 0 Å². The molecular weight excluding hydrogens is 300 g/mol. The molecule has 0 bridgehead atoms. The van der Waals surface area contributed by atoms with Gasteiger partial charge in [0.1, 0.15) is 0 Å². The minimum Gasteiger partial charge on any atom is -0.276 e. The normalized spacial score (nSPS) is 27.3. The molecule has 0 radical (unpaired) electrons. The van der Waals surface area contributed by atoms with Gasteiger partial charge in [-0.25, -0.2) is 0 Å². The van der Waals surface area contributed by atoms with Gasteiger partial charge < -0.3 is 0 Å². The largest absolute Gasteiger partial charge is 0.282 e. The van der Waals surface area contributed by atoms with Crippen molar-refractivity contribution in [1.82, 2.24) is 18.4 Å². The van der Waals surface area contributed by atoms with Crippen LogP contribution < -0.4 is 0 Å². The number of hydrogen-bond donors (Lipinski definition) is 0.